The van der Waals surface area contributed by atoms with Gasteiger partial charge in [-0.15, -0.1) is 0 Å². The topological polar surface area (TPSA) is 119 Å². The number of aliphatic hydroxyl groups is 2. The molecule has 1 saturated heterocycles. The molecule has 1 aliphatic heterocycles. The van der Waals surface area contributed by atoms with Crippen LogP contribution in [-0.2, 0) is 4.74 Å². The molecule has 2 aromatic heterocycles. The lowest BCUT2D eigenvalue weighted by Crippen LogP contribution is -2.24. The van der Waals surface area contributed by atoms with Gasteiger partial charge in [-0.1, -0.05) is 0 Å². The van der Waals surface area contributed by atoms with Gasteiger partial charge in [-0.3, -0.25) is 4.57 Å². The normalized spacial score (nSPS) is 28.0. The van der Waals surface area contributed by atoms with Gasteiger partial charge in [-0.2, -0.15) is 0 Å². The van der Waals surface area contributed by atoms with Crippen LogP contribution >= 0.6 is 0 Å². The first-order chi connectivity index (χ1) is 8.70. The Morgan fingerprint density at radius 1 is 1.44 bits per heavy atom. The number of ether oxygens (including phenoxy) is 1. The van der Waals surface area contributed by atoms with Gasteiger partial charge in [0.05, 0.1) is 19.0 Å². The maximum atomic E-state index is 9.71. The third kappa shape index (κ3) is 1.62. The lowest BCUT2D eigenvalue weighted by atomic mass is 10.2. The van der Waals surface area contributed by atoms with Crippen LogP contribution in [0.15, 0.2) is 12.7 Å². The van der Waals surface area contributed by atoms with E-state index in [1.54, 1.807) is 10.9 Å². The molecule has 0 unspecified atom stereocenters. The predicted octanol–water partition coefficient (Wildman–Crippen LogP) is -0.951. The fourth-order valence-electron chi connectivity index (χ4n) is 2.13. The molecular weight excluding hydrogens is 241 g/mol. The van der Waals surface area contributed by atoms with Crippen LogP contribution in [0.5, 0.6) is 0 Å². The molecule has 0 aliphatic carbocycles. The van der Waals surface area contributed by atoms with Gasteiger partial charge in [0, 0.05) is 6.42 Å². The highest BCUT2D eigenvalue weighted by atomic mass is 16.5. The highest BCUT2D eigenvalue weighted by Crippen LogP contribution is 2.30. The number of rotatable bonds is 2. The Kier molecular flexibility index (Phi) is 2.62. The van der Waals surface area contributed by atoms with Crippen molar-refractivity contribution in [3.63, 3.8) is 0 Å². The van der Waals surface area contributed by atoms with Crippen molar-refractivity contribution in [1.82, 2.24) is 19.5 Å². The van der Waals surface area contributed by atoms with Crippen molar-refractivity contribution in [2.45, 2.75) is 24.9 Å². The summed E-state index contributed by atoms with van der Waals surface area (Å²) in [6.07, 6.45) is 1.60. The lowest BCUT2D eigenvalue weighted by Gasteiger charge is -2.13. The van der Waals surface area contributed by atoms with Crippen LogP contribution in [0, 0.1) is 0 Å². The number of hydrogen-bond acceptors (Lipinski definition) is 7. The second kappa shape index (κ2) is 4.16. The van der Waals surface area contributed by atoms with Crippen LogP contribution in [-0.4, -0.2) is 48.5 Å². The third-order valence-corrected chi connectivity index (χ3v) is 3.08. The summed E-state index contributed by atoms with van der Waals surface area (Å²) < 4.78 is 7.22. The summed E-state index contributed by atoms with van der Waals surface area (Å²) in [7, 11) is 0. The Morgan fingerprint density at radius 3 is 3.00 bits per heavy atom. The quantitative estimate of drug-likeness (QED) is 0.632. The monoisotopic (exact) mass is 254 g/mol. The zero-order chi connectivity index (χ0) is 12.7. The van der Waals surface area contributed by atoms with Crippen molar-refractivity contribution in [2.75, 3.05) is 12.3 Å². The molecule has 0 bridgehead atoms. The van der Waals surface area contributed by atoms with Gasteiger partial charge in [0.1, 0.15) is 24.2 Å². The van der Waals surface area contributed by atoms with Crippen LogP contribution in [0.3, 0.4) is 0 Å². The molecule has 0 radical (unpaired) electrons. The Labute approximate surface area is 102 Å². The van der Waals surface area contributed by atoms with E-state index in [1.165, 1.54) is 6.33 Å². The Morgan fingerprint density at radius 2 is 2.28 bits per heavy atom. The molecule has 96 valence electrons. The van der Waals surface area contributed by atoms with Gasteiger partial charge in [0.2, 0.25) is 0 Å². The molecule has 0 aromatic carbocycles. The van der Waals surface area contributed by atoms with Gasteiger partial charge < -0.3 is 20.7 Å². The average Bonchev–Trinajstić information content (AvgIpc) is 2.93. The van der Waals surface area contributed by atoms with Crippen LogP contribution in [0.1, 0.15) is 12.6 Å². The summed E-state index contributed by atoms with van der Waals surface area (Å²) in [6, 6.07) is 0. The molecule has 3 rings (SSSR count). The molecular formula is C10H13N5O3. The molecule has 0 spiro atoms. The fraction of sp³-hybridized carbons (Fsp3) is 0.500. The van der Waals surface area contributed by atoms with Crippen LogP contribution in [0.2, 0.25) is 0 Å². The molecule has 3 atom stereocenters. The Hall–Kier alpha value is -1.77. The van der Waals surface area contributed by atoms with Crippen molar-refractivity contribution in [3.8, 4) is 0 Å². The number of imidazole rings is 1. The van der Waals surface area contributed by atoms with Gasteiger partial charge in [-0.25, -0.2) is 15.0 Å². The fourth-order valence-corrected chi connectivity index (χ4v) is 2.13. The van der Waals surface area contributed by atoms with Gasteiger partial charge in [0.15, 0.2) is 11.5 Å². The first-order valence-corrected chi connectivity index (χ1v) is 5.58. The smallest absolute Gasteiger partial charge is 0.167 e. The van der Waals surface area contributed by atoms with Crippen molar-refractivity contribution in [3.05, 3.63) is 12.7 Å². The molecule has 1 fully saturated rings. The summed E-state index contributed by atoms with van der Waals surface area (Å²) in [5, 5.41) is 18.8. The molecule has 2 aromatic rings. The molecule has 18 heavy (non-hydrogen) atoms. The molecule has 0 amide bonds. The summed E-state index contributed by atoms with van der Waals surface area (Å²) >= 11 is 0. The molecule has 1 aliphatic rings. The number of hydrogen-bond donors (Lipinski definition) is 3. The highest BCUT2D eigenvalue weighted by molar-refractivity contribution is 5.81. The lowest BCUT2D eigenvalue weighted by molar-refractivity contribution is -0.0432. The largest absolute Gasteiger partial charge is 0.394 e. The van der Waals surface area contributed by atoms with Gasteiger partial charge in [0.25, 0.3) is 0 Å². The maximum Gasteiger partial charge on any atom is 0.167 e. The summed E-state index contributed by atoms with van der Waals surface area (Å²) in [4.78, 5) is 12.1. The van der Waals surface area contributed by atoms with E-state index in [4.69, 9.17) is 15.6 Å². The minimum absolute atomic E-state index is 0.221. The SMILES string of the molecule is Nc1[15n]cnc2c1[15n][13cH]n2[C@H]1C[C@H](O)[C@@H](CO)O1. The Balaban J connectivity index is 1.99. The number of nitrogen functional groups attached to an aromatic ring is 1. The molecule has 4 N–H and O–H groups in total. The van der Waals surface area contributed by atoms with Crippen molar-refractivity contribution in [1.29, 1.82) is 0 Å². The minimum atomic E-state index is -0.698. The van der Waals surface area contributed by atoms with E-state index in [1.807, 2.05) is 0 Å². The number of aliphatic hydroxyl groups excluding tert-OH is 2. The second-order valence-corrected chi connectivity index (χ2v) is 4.20. The van der Waals surface area contributed by atoms with Crippen molar-refractivity contribution in [2.24, 2.45) is 0 Å². The van der Waals surface area contributed by atoms with E-state index in [0.717, 1.165) is 0 Å². The van der Waals surface area contributed by atoms with E-state index < -0.39 is 18.4 Å². The average molecular weight is 254 g/mol. The number of nitrogens with two attached hydrogens (primary N) is 1. The van der Waals surface area contributed by atoms with E-state index in [-0.39, 0.29) is 6.61 Å². The van der Waals surface area contributed by atoms with E-state index in [9.17, 15) is 5.11 Å². The number of anilines is 1. The number of aromatic nitrogens is 4. The van der Waals surface area contributed by atoms with E-state index >= 15 is 0 Å². The second-order valence-electron chi connectivity index (χ2n) is 4.20. The molecule has 8 heteroatoms. The Bertz CT molecular complexity index is 572. The number of nitrogens with zero attached hydrogens (tertiary/aromatic N) is 4. The standard InChI is InChI=1S/C10H13N5O3/c11-9-8-10(13-3-12-9)15(4-14-8)7-1-5(17)6(2-16)18-7/h3-7,16-17H,1-2H2,(H2,11,12,13)/t5-,6+,7+/m0/s1/i4+1,12+1,14+1. The highest BCUT2D eigenvalue weighted by Gasteiger charge is 2.35. The minimum Gasteiger partial charge on any atom is -0.394 e. The van der Waals surface area contributed by atoms with Crippen LogP contribution in [0.25, 0.3) is 11.2 Å². The van der Waals surface area contributed by atoms with Crippen LogP contribution in [0.4, 0.5) is 5.82 Å². The zero-order valence-electron chi connectivity index (χ0n) is 9.47. The number of fused-ring (bicyclic) bond motifs is 1. The first-order valence-electron chi connectivity index (χ1n) is 5.58. The van der Waals surface area contributed by atoms with E-state index in [2.05, 4.69) is 15.0 Å². The van der Waals surface area contributed by atoms with Crippen molar-refractivity contribution >= 4 is 17.0 Å². The predicted molar refractivity (Wildman–Crippen MR) is 61.4 cm³/mol. The molecule has 3 heterocycles. The summed E-state index contributed by atoms with van der Waals surface area (Å²) in [5.41, 5.74) is 6.75. The van der Waals surface area contributed by atoms with Crippen LogP contribution < -0.4 is 5.73 Å². The van der Waals surface area contributed by atoms with Crippen molar-refractivity contribution < 1.29 is 14.9 Å². The summed E-state index contributed by atoms with van der Waals surface area (Å²) in [6.45, 7) is -0.221. The molecule has 8 nitrogen and oxygen atoms in total. The van der Waals surface area contributed by atoms with Gasteiger partial charge in [-0.05, 0) is 0 Å². The summed E-state index contributed by atoms with van der Waals surface area (Å²) in [5.74, 6) is 0.302. The molecule has 0 saturated carbocycles. The zero-order valence-corrected chi connectivity index (χ0v) is 9.47. The maximum absolute atomic E-state index is 9.71. The van der Waals surface area contributed by atoms with Gasteiger partial charge >= 0.3 is 0 Å². The van der Waals surface area contributed by atoms with E-state index in [0.29, 0.717) is 23.4 Å². The first kappa shape index (κ1) is 11.3. The third-order valence-electron chi connectivity index (χ3n) is 3.08.